The molecule has 0 fully saturated rings. The van der Waals surface area contributed by atoms with Crippen molar-refractivity contribution in [3.8, 4) is 11.3 Å². The van der Waals surface area contributed by atoms with Crippen molar-refractivity contribution >= 4 is 17.3 Å². The molecule has 2 rings (SSSR count). The van der Waals surface area contributed by atoms with Crippen molar-refractivity contribution in [2.75, 3.05) is 5.73 Å². The van der Waals surface area contributed by atoms with Gasteiger partial charge in [0.25, 0.3) is 0 Å². The molecule has 5 heteroatoms. The third kappa shape index (κ3) is 1.56. The van der Waals surface area contributed by atoms with Crippen molar-refractivity contribution in [1.29, 1.82) is 0 Å². The van der Waals surface area contributed by atoms with Crippen molar-refractivity contribution in [2.45, 2.75) is 0 Å². The molecule has 2 aromatic heterocycles. The molecule has 0 bridgehead atoms. The van der Waals surface area contributed by atoms with E-state index in [1.807, 2.05) is 13.2 Å². The van der Waals surface area contributed by atoms with Crippen LogP contribution < -0.4 is 5.73 Å². The van der Waals surface area contributed by atoms with E-state index in [9.17, 15) is 0 Å². The van der Waals surface area contributed by atoms with Crippen molar-refractivity contribution in [3.05, 3.63) is 29.7 Å². The number of anilines is 1. The lowest BCUT2D eigenvalue weighted by Gasteiger charge is -2.01. The number of nitrogen functional groups attached to an aromatic ring is 1. The zero-order valence-electron chi connectivity index (χ0n) is 7.61. The maximum absolute atomic E-state index is 5.78. The number of aromatic nitrogens is 3. The van der Waals surface area contributed by atoms with E-state index in [0.29, 0.717) is 16.5 Å². The van der Waals surface area contributed by atoms with Crippen LogP contribution in [-0.4, -0.2) is 14.8 Å². The summed E-state index contributed by atoms with van der Waals surface area (Å²) in [6, 6.07) is 3.40. The molecular weight excluding hydrogens is 200 g/mol. The minimum atomic E-state index is 0.429. The second-order valence-electron chi connectivity index (χ2n) is 2.97. The first-order chi connectivity index (χ1) is 6.66. The van der Waals surface area contributed by atoms with Crippen LogP contribution in [0.15, 0.2) is 24.5 Å². The Morgan fingerprint density at radius 2 is 2.21 bits per heavy atom. The van der Waals surface area contributed by atoms with E-state index < -0.39 is 0 Å². The van der Waals surface area contributed by atoms with Gasteiger partial charge in [0.2, 0.25) is 0 Å². The Kier molecular flexibility index (Phi) is 2.13. The fourth-order valence-corrected chi connectivity index (χ4v) is 1.37. The molecule has 4 nitrogen and oxygen atoms in total. The highest BCUT2D eigenvalue weighted by atomic mass is 35.5. The Labute approximate surface area is 86.3 Å². The van der Waals surface area contributed by atoms with E-state index in [4.69, 9.17) is 17.3 Å². The Bertz CT molecular complexity index is 464. The first kappa shape index (κ1) is 9.02. The van der Waals surface area contributed by atoms with Gasteiger partial charge in [0.1, 0.15) is 5.15 Å². The van der Waals surface area contributed by atoms with E-state index in [-0.39, 0.29) is 0 Å². The topological polar surface area (TPSA) is 56.7 Å². The predicted molar refractivity (Wildman–Crippen MR) is 55.9 cm³/mol. The summed E-state index contributed by atoms with van der Waals surface area (Å²) in [6.45, 7) is 0. The van der Waals surface area contributed by atoms with E-state index in [1.165, 1.54) is 0 Å². The van der Waals surface area contributed by atoms with Gasteiger partial charge in [-0.15, -0.1) is 0 Å². The third-order valence-corrected chi connectivity index (χ3v) is 2.08. The van der Waals surface area contributed by atoms with Crippen molar-refractivity contribution in [3.63, 3.8) is 0 Å². The maximum Gasteiger partial charge on any atom is 0.129 e. The molecule has 0 aliphatic heterocycles. The summed E-state index contributed by atoms with van der Waals surface area (Å²) in [7, 11) is 1.84. The molecule has 14 heavy (non-hydrogen) atoms. The van der Waals surface area contributed by atoms with Crippen molar-refractivity contribution < 1.29 is 0 Å². The highest BCUT2D eigenvalue weighted by Crippen LogP contribution is 2.24. The van der Waals surface area contributed by atoms with Gasteiger partial charge in [-0.1, -0.05) is 11.6 Å². The Hall–Kier alpha value is -1.55. The number of rotatable bonds is 1. The lowest BCUT2D eigenvalue weighted by Crippen LogP contribution is -1.92. The molecular formula is C9H9ClN4. The van der Waals surface area contributed by atoms with Gasteiger partial charge in [0.05, 0.1) is 17.6 Å². The molecule has 0 radical (unpaired) electrons. The minimum absolute atomic E-state index is 0.429. The van der Waals surface area contributed by atoms with Gasteiger partial charge in [0.15, 0.2) is 0 Å². The Balaban J connectivity index is 2.55. The first-order valence-corrected chi connectivity index (χ1v) is 4.45. The highest BCUT2D eigenvalue weighted by Gasteiger charge is 2.06. The smallest absolute Gasteiger partial charge is 0.129 e. The molecule has 0 atom stereocenters. The quantitative estimate of drug-likeness (QED) is 0.726. The molecule has 2 N–H and O–H groups in total. The molecule has 0 aromatic carbocycles. The van der Waals surface area contributed by atoms with Gasteiger partial charge in [-0.3, -0.25) is 4.68 Å². The molecule has 0 unspecified atom stereocenters. The van der Waals surface area contributed by atoms with Gasteiger partial charge in [-0.25, -0.2) is 4.98 Å². The number of halogens is 1. The fraction of sp³-hybridized carbons (Fsp3) is 0.111. The maximum atomic E-state index is 5.78. The zero-order valence-corrected chi connectivity index (χ0v) is 8.36. The van der Waals surface area contributed by atoms with Crippen LogP contribution in [0.4, 0.5) is 5.69 Å². The average molecular weight is 209 g/mol. The van der Waals surface area contributed by atoms with Gasteiger partial charge >= 0.3 is 0 Å². The molecule has 2 aromatic rings. The summed E-state index contributed by atoms with van der Waals surface area (Å²) in [5.41, 5.74) is 7.91. The summed E-state index contributed by atoms with van der Waals surface area (Å²) in [5, 5.41) is 4.47. The normalized spacial score (nSPS) is 10.4. The number of hydrogen-bond donors (Lipinski definition) is 1. The van der Waals surface area contributed by atoms with E-state index in [1.54, 1.807) is 23.0 Å². The van der Waals surface area contributed by atoms with Crippen LogP contribution in [0.25, 0.3) is 11.3 Å². The predicted octanol–water partition coefficient (Wildman–Crippen LogP) is 1.72. The van der Waals surface area contributed by atoms with E-state index in [0.717, 1.165) is 5.56 Å². The van der Waals surface area contributed by atoms with Crippen LogP contribution in [0.1, 0.15) is 0 Å². The fourth-order valence-electron chi connectivity index (χ4n) is 1.22. The number of nitrogens with zero attached hydrogens (tertiary/aromatic N) is 3. The molecule has 0 spiro atoms. The molecule has 72 valence electrons. The number of aryl methyl sites for hydroxylation is 1. The van der Waals surface area contributed by atoms with Crippen LogP contribution in [0.5, 0.6) is 0 Å². The highest BCUT2D eigenvalue weighted by molar-refractivity contribution is 6.29. The van der Waals surface area contributed by atoms with Gasteiger partial charge < -0.3 is 5.73 Å². The molecule has 0 saturated carbocycles. The third-order valence-electron chi connectivity index (χ3n) is 1.87. The molecule has 0 aliphatic rings. The van der Waals surface area contributed by atoms with Crippen molar-refractivity contribution in [2.24, 2.45) is 7.05 Å². The zero-order chi connectivity index (χ0) is 10.1. The first-order valence-electron chi connectivity index (χ1n) is 4.08. The van der Waals surface area contributed by atoms with Crippen LogP contribution >= 0.6 is 11.6 Å². The lowest BCUT2D eigenvalue weighted by molar-refractivity contribution is 0.768. The number of nitrogens with two attached hydrogens (primary N) is 1. The average Bonchev–Trinajstić information content (AvgIpc) is 2.56. The van der Waals surface area contributed by atoms with Gasteiger partial charge in [0, 0.05) is 18.8 Å². The van der Waals surface area contributed by atoms with Gasteiger partial charge in [-0.05, 0) is 12.1 Å². The summed E-state index contributed by atoms with van der Waals surface area (Å²) in [4.78, 5) is 4.14. The Morgan fingerprint density at radius 1 is 1.43 bits per heavy atom. The minimum Gasteiger partial charge on any atom is -0.397 e. The second-order valence-corrected chi connectivity index (χ2v) is 3.36. The van der Waals surface area contributed by atoms with Crippen molar-refractivity contribution in [1.82, 2.24) is 14.8 Å². The van der Waals surface area contributed by atoms with Crippen LogP contribution in [0, 0.1) is 0 Å². The summed E-state index contributed by atoms with van der Waals surface area (Å²) >= 11 is 5.78. The summed E-state index contributed by atoms with van der Waals surface area (Å²) in [6.07, 6.45) is 3.55. The second kappa shape index (κ2) is 3.31. The number of pyridine rings is 1. The largest absolute Gasteiger partial charge is 0.397 e. The van der Waals surface area contributed by atoms with E-state index in [2.05, 4.69) is 10.1 Å². The standard InChI is InChI=1S/C9H9ClN4/c1-14-5-6(4-12-14)9-7(11)2-3-8(10)13-9/h2-5H,11H2,1H3. The number of hydrogen-bond acceptors (Lipinski definition) is 3. The van der Waals surface area contributed by atoms with E-state index >= 15 is 0 Å². The Morgan fingerprint density at radius 3 is 2.86 bits per heavy atom. The van der Waals surface area contributed by atoms with Gasteiger partial charge in [-0.2, -0.15) is 5.10 Å². The molecule has 0 amide bonds. The molecule has 0 aliphatic carbocycles. The summed E-state index contributed by atoms with van der Waals surface area (Å²) < 4.78 is 1.69. The summed E-state index contributed by atoms with van der Waals surface area (Å²) in [5.74, 6) is 0. The lowest BCUT2D eigenvalue weighted by atomic mass is 10.2. The molecule has 2 heterocycles. The SMILES string of the molecule is Cn1cc(-c2nc(Cl)ccc2N)cn1. The van der Waals surface area contributed by atoms with Crippen LogP contribution in [0.3, 0.4) is 0 Å². The monoisotopic (exact) mass is 208 g/mol. The molecule has 0 saturated heterocycles. The van der Waals surface area contributed by atoms with Crippen LogP contribution in [-0.2, 0) is 7.05 Å². The van der Waals surface area contributed by atoms with Crippen LogP contribution in [0.2, 0.25) is 5.15 Å².